The lowest BCUT2D eigenvalue weighted by atomic mass is 9.93. The molecule has 234 valence electrons. The van der Waals surface area contributed by atoms with Gasteiger partial charge < -0.3 is 8.83 Å². The second-order valence-electron chi connectivity index (χ2n) is 12.3. The fourth-order valence-electron chi connectivity index (χ4n) is 7.18. The van der Waals surface area contributed by atoms with Crippen molar-refractivity contribution in [3.05, 3.63) is 164 Å². The monoisotopic (exact) mass is 641 g/mol. The Kier molecular flexibility index (Phi) is 6.42. The predicted molar refractivity (Wildman–Crippen MR) is 202 cm³/mol. The molecular weight excluding hydrogens is 615 g/mol. The molecule has 0 unspecified atom stereocenters. The zero-order valence-electron chi connectivity index (χ0n) is 26.7. The number of rotatable bonds is 5. The molecule has 10 rings (SSSR count). The SMILES string of the molecule is c1ccc(-c2cc(-c3ccccc3-c3ccncc3)nc(-c3ccc(-c4cccc5oc6ccccc6c45)c4c3oc3ccccc34)n2)cc1. The third-order valence-electron chi connectivity index (χ3n) is 9.45. The van der Waals surface area contributed by atoms with E-state index in [0.29, 0.717) is 5.82 Å². The summed E-state index contributed by atoms with van der Waals surface area (Å²) in [4.78, 5) is 14.7. The Hall–Kier alpha value is -6.85. The van der Waals surface area contributed by atoms with Crippen LogP contribution in [0.15, 0.2) is 173 Å². The number of pyridine rings is 1. The highest BCUT2D eigenvalue weighted by Crippen LogP contribution is 2.45. The number of fused-ring (bicyclic) bond motifs is 6. The highest BCUT2D eigenvalue weighted by Gasteiger charge is 2.22. The zero-order valence-corrected chi connectivity index (χ0v) is 26.7. The Morgan fingerprint density at radius 2 is 0.980 bits per heavy atom. The molecule has 0 bridgehead atoms. The van der Waals surface area contributed by atoms with Crippen LogP contribution in [0.5, 0.6) is 0 Å². The van der Waals surface area contributed by atoms with Crippen LogP contribution in [0, 0.1) is 0 Å². The molecule has 0 atom stereocenters. The summed E-state index contributed by atoms with van der Waals surface area (Å²) in [7, 11) is 0. The average Bonchev–Trinajstić information content (AvgIpc) is 3.77. The lowest BCUT2D eigenvalue weighted by Gasteiger charge is -2.14. The molecule has 5 heteroatoms. The van der Waals surface area contributed by atoms with Crippen LogP contribution in [0.1, 0.15) is 0 Å². The van der Waals surface area contributed by atoms with Gasteiger partial charge in [-0.05, 0) is 64.7 Å². The van der Waals surface area contributed by atoms with Crippen LogP contribution in [0.25, 0.3) is 100 Å². The Morgan fingerprint density at radius 3 is 1.80 bits per heavy atom. The summed E-state index contributed by atoms with van der Waals surface area (Å²) < 4.78 is 13.0. The molecule has 0 spiro atoms. The summed E-state index contributed by atoms with van der Waals surface area (Å²) >= 11 is 0. The number of aromatic nitrogens is 3. The van der Waals surface area contributed by atoms with Crippen molar-refractivity contribution in [3.8, 4) is 56.2 Å². The van der Waals surface area contributed by atoms with Crippen molar-refractivity contribution in [3.63, 3.8) is 0 Å². The molecule has 0 fully saturated rings. The first-order valence-corrected chi connectivity index (χ1v) is 16.6. The maximum absolute atomic E-state index is 6.76. The Morgan fingerprint density at radius 1 is 0.380 bits per heavy atom. The van der Waals surface area contributed by atoms with Crippen molar-refractivity contribution in [1.29, 1.82) is 0 Å². The quantitative estimate of drug-likeness (QED) is 0.187. The van der Waals surface area contributed by atoms with E-state index in [1.165, 1.54) is 0 Å². The minimum atomic E-state index is 0.591. The van der Waals surface area contributed by atoms with E-state index in [2.05, 4.69) is 96.0 Å². The molecular formula is C45H27N3O2. The van der Waals surface area contributed by atoms with Gasteiger partial charge in [-0.15, -0.1) is 0 Å². The van der Waals surface area contributed by atoms with Crippen molar-refractivity contribution < 1.29 is 8.83 Å². The summed E-state index contributed by atoms with van der Waals surface area (Å²) in [6, 6.07) is 51.7. The summed E-state index contributed by atoms with van der Waals surface area (Å²) in [6.45, 7) is 0. The average molecular weight is 642 g/mol. The van der Waals surface area contributed by atoms with Gasteiger partial charge in [0.1, 0.15) is 22.3 Å². The van der Waals surface area contributed by atoms with E-state index in [1.807, 2.05) is 73.1 Å². The minimum absolute atomic E-state index is 0.591. The summed E-state index contributed by atoms with van der Waals surface area (Å²) in [6.07, 6.45) is 3.64. The largest absolute Gasteiger partial charge is 0.456 e. The molecule has 5 nitrogen and oxygen atoms in total. The standard InChI is InChI=1S/C45H27N3O2/c1-2-11-29(12-3-1)37-27-38(31-14-5-4-13-30(31)28-23-25-46-26-24-28)48-45(47-37)36-22-21-33(43-35-16-7-9-19-40(35)50-44(36)43)32-17-10-20-41-42(32)34-15-6-8-18-39(34)49-41/h1-27H. The van der Waals surface area contributed by atoms with Gasteiger partial charge in [-0.25, -0.2) is 9.97 Å². The lowest BCUT2D eigenvalue weighted by molar-refractivity contribution is 0.668. The summed E-state index contributed by atoms with van der Waals surface area (Å²) in [5, 5.41) is 4.22. The van der Waals surface area contributed by atoms with Crippen molar-refractivity contribution in [1.82, 2.24) is 15.0 Å². The third kappa shape index (κ3) is 4.52. The molecule has 0 aliphatic carbocycles. The smallest absolute Gasteiger partial charge is 0.164 e. The summed E-state index contributed by atoms with van der Waals surface area (Å²) in [5.74, 6) is 0.591. The topological polar surface area (TPSA) is 65.0 Å². The zero-order chi connectivity index (χ0) is 33.0. The molecule has 4 heterocycles. The second-order valence-corrected chi connectivity index (χ2v) is 12.3. The molecule has 0 aliphatic heterocycles. The minimum Gasteiger partial charge on any atom is -0.456 e. The Labute approximate surface area is 287 Å². The van der Waals surface area contributed by atoms with Crippen LogP contribution in [0.4, 0.5) is 0 Å². The molecule has 0 amide bonds. The van der Waals surface area contributed by atoms with Crippen LogP contribution in [0.2, 0.25) is 0 Å². The lowest BCUT2D eigenvalue weighted by Crippen LogP contribution is -1.97. The fraction of sp³-hybridized carbons (Fsp3) is 0. The number of para-hydroxylation sites is 2. The van der Waals surface area contributed by atoms with Gasteiger partial charge in [-0.1, -0.05) is 109 Å². The van der Waals surface area contributed by atoms with E-state index in [-0.39, 0.29) is 0 Å². The van der Waals surface area contributed by atoms with E-state index in [4.69, 9.17) is 18.8 Å². The number of nitrogens with zero attached hydrogens (tertiary/aromatic N) is 3. The fourth-order valence-corrected chi connectivity index (χ4v) is 7.18. The third-order valence-corrected chi connectivity index (χ3v) is 9.45. The van der Waals surface area contributed by atoms with Gasteiger partial charge in [0.15, 0.2) is 5.82 Å². The molecule has 50 heavy (non-hydrogen) atoms. The number of benzene rings is 6. The van der Waals surface area contributed by atoms with Gasteiger partial charge in [0.2, 0.25) is 0 Å². The molecule has 0 saturated carbocycles. The van der Waals surface area contributed by atoms with Crippen LogP contribution in [0.3, 0.4) is 0 Å². The highest BCUT2D eigenvalue weighted by molar-refractivity contribution is 6.21. The van der Waals surface area contributed by atoms with E-state index < -0.39 is 0 Å². The normalized spacial score (nSPS) is 11.6. The van der Waals surface area contributed by atoms with Gasteiger partial charge in [-0.3, -0.25) is 4.98 Å². The molecule has 0 saturated heterocycles. The first kappa shape index (κ1) is 28.2. The van der Waals surface area contributed by atoms with Crippen LogP contribution in [-0.4, -0.2) is 15.0 Å². The number of hydrogen-bond donors (Lipinski definition) is 0. The van der Waals surface area contributed by atoms with E-state index >= 15 is 0 Å². The van der Waals surface area contributed by atoms with Crippen LogP contribution in [-0.2, 0) is 0 Å². The van der Waals surface area contributed by atoms with Crippen molar-refractivity contribution in [2.75, 3.05) is 0 Å². The van der Waals surface area contributed by atoms with Crippen molar-refractivity contribution in [2.24, 2.45) is 0 Å². The van der Waals surface area contributed by atoms with E-state index in [9.17, 15) is 0 Å². The molecule has 6 aromatic carbocycles. The van der Waals surface area contributed by atoms with Crippen LogP contribution < -0.4 is 0 Å². The first-order valence-electron chi connectivity index (χ1n) is 16.6. The molecule has 0 radical (unpaired) electrons. The first-order chi connectivity index (χ1) is 24.8. The number of hydrogen-bond acceptors (Lipinski definition) is 5. The van der Waals surface area contributed by atoms with Gasteiger partial charge in [0.05, 0.1) is 17.0 Å². The molecule has 0 aliphatic rings. The second kappa shape index (κ2) is 11.4. The van der Waals surface area contributed by atoms with Gasteiger partial charge in [0.25, 0.3) is 0 Å². The van der Waals surface area contributed by atoms with Gasteiger partial charge in [-0.2, -0.15) is 0 Å². The molecule has 0 N–H and O–H groups in total. The van der Waals surface area contributed by atoms with Crippen LogP contribution >= 0.6 is 0 Å². The predicted octanol–water partition coefficient (Wildman–Crippen LogP) is 12.0. The van der Waals surface area contributed by atoms with Crippen molar-refractivity contribution in [2.45, 2.75) is 0 Å². The van der Waals surface area contributed by atoms with E-state index in [0.717, 1.165) is 94.2 Å². The molecule has 10 aromatic rings. The Balaban J connectivity index is 1.26. The maximum atomic E-state index is 6.76. The summed E-state index contributed by atoms with van der Waals surface area (Å²) in [5.41, 5.74) is 12.1. The van der Waals surface area contributed by atoms with Gasteiger partial charge >= 0.3 is 0 Å². The highest BCUT2D eigenvalue weighted by atomic mass is 16.3. The molecule has 4 aromatic heterocycles. The maximum Gasteiger partial charge on any atom is 0.164 e. The Bertz CT molecular complexity index is 2870. The van der Waals surface area contributed by atoms with Crippen molar-refractivity contribution >= 4 is 43.9 Å². The van der Waals surface area contributed by atoms with E-state index in [1.54, 1.807) is 0 Å². The van der Waals surface area contributed by atoms with Gasteiger partial charge in [0, 0.05) is 45.1 Å². The number of furan rings is 2.